The van der Waals surface area contributed by atoms with Crippen molar-refractivity contribution in [2.45, 2.75) is 6.92 Å². The monoisotopic (exact) mass is 524 g/mol. The Labute approximate surface area is 182 Å². The van der Waals surface area contributed by atoms with Gasteiger partial charge in [0, 0.05) is 15.7 Å². The molecular formula is C19H14Br2N2O4S. The quantitative estimate of drug-likeness (QED) is 0.554. The standard InChI is InChI=1S/C19H14Br2N2O4S/c1-10-3-2-4-13(5-10)22-16(24)9-23-18(26)15(28-19(23)27)7-11-6-12(20)8-14(21)17(11)25/h2-8,25H,9H2,1H3,(H,22,24)/b15-7-. The largest absolute Gasteiger partial charge is 0.506 e. The predicted octanol–water partition coefficient (Wildman–Crippen LogP) is 4.90. The van der Waals surface area contributed by atoms with E-state index < -0.39 is 17.1 Å². The normalized spacial score (nSPS) is 15.4. The lowest BCUT2D eigenvalue weighted by Gasteiger charge is -2.12. The summed E-state index contributed by atoms with van der Waals surface area (Å²) in [7, 11) is 0. The fraction of sp³-hybridized carbons (Fsp3) is 0.105. The molecule has 1 saturated heterocycles. The summed E-state index contributed by atoms with van der Waals surface area (Å²) in [6.07, 6.45) is 1.42. The van der Waals surface area contributed by atoms with Gasteiger partial charge in [0.25, 0.3) is 11.1 Å². The van der Waals surface area contributed by atoms with Gasteiger partial charge in [0.15, 0.2) is 0 Å². The van der Waals surface area contributed by atoms with E-state index in [1.807, 2.05) is 13.0 Å². The van der Waals surface area contributed by atoms with E-state index in [0.29, 0.717) is 20.2 Å². The molecule has 1 heterocycles. The Bertz CT molecular complexity index is 1020. The predicted molar refractivity (Wildman–Crippen MR) is 116 cm³/mol. The van der Waals surface area contributed by atoms with E-state index in [1.165, 1.54) is 6.08 Å². The molecule has 1 aliphatic heterocycles. The highest BCUT2D eigenvalue weighted by Crippen LogP contribution is 2.37. The van der Waals surface area contributed by atoms with E-state index in [2.05, 4.69) is 37.2 Å². The number of anilines is 1. The van der Waals surface area contributed by atoms with Crippen LogP contribution in [-0.4, -0.2) is 33.6 Å². The second-order valence-corrected chi connectivity index (χ2v) is 8.77. The van der Waals surface area contributed by atoms with Gasteiger partial charge >= 0.3 is 0 Å². The topological polar surface area (TPSA) is 86.7 Å². The number of rotatable bonds is 4. The summed E-state index contributed by atoms with van der Waals surface area (Å²) in [6.45, 7) is 1.51. The first-order chi connectivity index (χ1) is 13.2. The van der Waals surface area contributed by atoms with Crippen LogP contribution in [-0.2, 0) is 9.59 Å². The highest BCUT2D eigenvalue weighted by atomic mass is 79.9. The van der Waals surface area contributed by atoms with Gasteiger partial charge in [-0.3, -0.25) is 19.3 Å². The number of aryl methyl sites for hydroxylation is 1. The van der Waals surface area contributed by atoms with Gasteiger partial charge < -0.3 is 10.4 Å². The summed E-state index contributed by atoms with van der Waals surface area (Å²) in [4.78, 5) is 38.0. The van der Waals surface area contributed by atoms with Crippen molar-refractivity contribution in [3.05, 3.63) is 61.4 Å². The maximum atomic E-state index is 12.6. The first-order valence-electron chi connectivity index (χ1n) is 8.04. The number of benzene rings is 2. The molecule has 2 N–H and O–H groups in total. The van der Waals surface area contributed by atoms with Crippen molar-refractivity contribution in [1.82, 2.24) is 4.90 Å². The van der Waals surface area contributed by atoms with E-state index in [1.54, 1.807) is 30.3 Å². The maximum Gasteiger partial charge on any atom is 0.294 e. The van der Waals surface area contributed by atoms with Crippen molar-refractivity contribution in [1.29, 1.82) is 0 Å². The summed E-state index contributed by atoms with van der Waals surface area (Å²) in [5, 5.41) is 12.3. The Balaban J connectivity index is 1.76. The Morgan fingerprint density at radius 1 is 1.25 bits per heavy atom. The van der Waals surface area contributed by atoms with Gasteiger partial charge in [-0.1, -0.05) is 28.1 Å². The van der Waals surface area contributed by atoms with Gasteiger partial charge in [0.1, 0.15) is 12.3 Å². The van der Waals surface area contributed by atoms with Crippen LogP contribution >= 0.6 is 43.6 Å². The average molecular weight is 526 g/mol. The van der Waals surface area contributed by atoms with Crippen LogP contribution in [0.1, 0.15) is 11.1 Å². The number of halogens is 2. The van der Waals surface area contributed by atoms with Crippen LogP contribution in [0.3, 0.4) is 0 Å². The van der Waals surface area contributed by atoms with Gasteiger partial charge in [-0.2, -0.15) is 0 Å². The zero-order valence-electron chi connectivity index (χ0n) is 14.5. The van der Waals surface area contributed by atoms with E-state index in [4.69, 9.17) is 0 Å². The van der Waals surface area contributed by atoms with Crippen molar-refractivity contribution in [3.8, 4) is 5.75 Å². The molecule has 9 heteroatoms. The number of hydrogen-bond donors (Lipinski definition) is 2. The molecule has 0 unspecified atom stereocenters. The Kier molecular flexibility index (Phi) is 6.26. The Hall–Kier alpha value is -2.10. The Morgan fingerprint density at radius 2 is 2.00 bits per heavy atom. The highest BCUT2D eigenvalue weighted by molar-refractivity contribution is 9.11. The minimum absolute atomic E-state index is 0.0489. The molecule has 0 bridgehead atoms. The number of thioether (sulfide) groups is 1. The second kappa shape index (κ2) is 8.50. The molecule has 6 nitrogen and oxygen atoms in total. The van der Waals surface area contributed by atoms with Crippen molar-refractivity contribution in [2.75, 3.05) is 11.9 Å². The van der Waals surface area contributed by atoms with E-state index in [0.717, 1.165) is 22.2 Å². The number of phenols is 1. The van der Waals surface area contributed by atoms with Crippen molar-refractivity contribution in [2.24, 2.45) is 0 Å². The minimum Gasteiger partial charge on any atom is -0.506 e. The second-order valence-electron chi connectivity index (χ2n) is 6.01. The van der Waals surface area contributed by atoms with Crippen LogP contribution in [0.2, 0.25) is 0 Å². The molecule has 144 valence electrons. The van der Waals surface area contributed by atoms with Crippen LogP contribution < -0.4 is 5.32 Å². The summed E-state index contributed by atoms with van der Waals surface area (Å²) < 4.78 is 1.14. The Morgan fingerprint density at radius 3 is 2.71 bits per heavy atom. The lowest BCUT2D eigenvalue weighted by atomic mass is 10.2. The van der Waals surface area contributed by atoms with Gasteiger partial charge in [-0.15, -0.1) is 0 Å². The summed E-state index contributed by atoms with van der Waals surface area (Å²) in [5.74, 6) is -1.10. The average Bonchev–Trinajstić information content (AvgIpc) is 2.86. The van der Waals surface area contributed by atoms with E-state index in [9.17, 15) is 19.5 Å². The van der Waals surface area contributed by atoms with Crippen molar-refractivity contribution in [3.63, 3.8) is 0 Å². The fourth-order valence-corrected chi connectivity index (χ4v) is 4.63. The number of phenolic OH excluding ortho intramolecular Hbond substituents is 1. The fourth-order valence-electron chi connectivity index (χ4n) is 2.54. The number of hydrogen-bond acceptors (Lipinski definition) is 5. The lowest BCUT2D eigenvalue weighted by Crippen LogP contribution is -2.36. The molecule has 28 heavy (non-hydrogen) atoms. The number of nitrogens with one attached hydrogen (secondary N) is 1. The molecule has 3 rings (SSSR count). The van der Waals surface area contributed by atoms with Crippen molar-refractivity contribution >= 4 is 72.4 Å². The third kappa shape index (κ3) is 4.65. The highest BCUT2D eigenvalue weighted by Gasteiger charge is 2.36. The van der Waals surface area contributed by atoms with E-state index >= 15 is 0 Å². The molecule has 1 fully saturated rings. The number of carbonyl (C=O) groups is 3. The SMILES string of the molecule is Cc1cccc(NC(=O)CN2C(=O)S/C(=C\c3cc(Br)cc(Br)c3O)C2=O)c1. The maximum absolute atomic E-state index is 12.6. The lowest BCUT2D eigenvalue weighted by molar-refractivity contribution is -0.127. The van der Waals surface area contributed by atoms with Crippen LogP contribution in [0.25, 0.3) is 6.08 Å². The number of carbonyl (C=O) groups excluding carboxylic acids is 3. The van der Waals surface area contributed by atoms with Crippen LogP contribution in [0.5, 0.6) is 5.75 Å². The zero-order chi connectivity index (χ0) is 20.4. The molecule has 1 aliphatic rings. The number of aromatic hydroxyl groups is 1. The summed E-state index contributed by atoms with van der Waals surface area (Å²) in [6, 6.07) is 10.5. The minimum atomic E-state index is -0.579. The molecule has 0 radical (unpaired) electrons. The summed E-state index contributed by atoms with van der Waals surface area (Å²) in [5.41, 5.74) is 1.94. The smallest absolute Gasteiger partial charge is 0.294 e. The first kappa shape index (κ1) is 20.6. The summed E-state index contributed by atoms with van der Waals surface area (Å²) >= 11 is 7.26. The first-order valence-corrected chi connectivity index (χ1v) is 10.4. The van der Waals surface area contributed by atoms with Gasteiger partial charge in [-0.25, -0.2) is 0 Å². The molecule has 3 amide bonds. The van der Waals surface area contributed by atoms with Gasteiger partial charge in [0.05, 0.1) is 9.38 Å². The molecule has 0 spiro atoms. The molecule has 0 aliphatic carbocycles. The number of amides is 3. The molecule has 0 atom stereocenters. The third-order valence-corrected chi connectivity index (χ3v) is 5.79. The number of imide groups is 1. The third-order valence-electron chi connectivity index (χ3n) is 3.82. The zero-order valence-corrected chi connectivity index (χ0v) is 18.5. The molecule has 2 aromatic rings. The number of nitrogens with zero attached hydrogens (tertiary/aromatic N) is 1. The molecular weight excluding hydrogens is 512 g/mol. The van der Waals surface area contributed by atoms with Crippen LogP contribution in [0.15, 0.2) is 50.2 Å². The van der Waals surface area contributed by atoms with Crippen LogP contribution in [0, 0.1) is 6.92 Å². The molecule has 2 aromatic carbocycles. The van der Waals surface area contributed by atoms with Gasteiger partial charge in [-0.05, 0) is 70.5 Å². The van der Waals surface area contributed by atoms with Gasteiger partial charge in [0.2, 0.25) is 5.91 Å². The molecule has 0 saturated carbocycles. The van der Waals surface area contributed by atoms with E-state index in [-0.39, 0.29) is 17.2 Å². The molecule has 0 aromatic heterocycles. The van der Waals surface area contributed by atoms with Crippen LogP contribution in [0.4, 0.5) is 10.5 Å². The van der Waals surface area contributed by atoms with Crippen molar-refractivity contribution < 1.29 is 19.5 Å².